The van der Waals surface area contributed by atoms with Crippen LogP contribution in [-0.4, -0.2) is 25.0 Å². The molecule has 0 fully saturated rings. The number of anilines is 1. The summed E-state index contributed by atoms with van der Waals surface area (Å²) in [5, 5.41) is 0.149. The average Bonchev–Trinajstić information content (AvgIpc) is 2.80. The van der Waals surface area contributed by atoms with Crippen LogP contribution in [0.25, 0.3) is 11.0 Å². The fourth-order valence-corrected chi connectivity index (χ4v) is 3.33. The minimum Gasteiger partial charge on any atom is -0.298 e. The molecule has 0 aliphatic carbocycles. The van der Waals surface area contributed by atoms with Crippen LogP contribution in [0.2, 0.25) is 0 Å². The molecule has 0 aliphatic heterocycles. The number of nitrogens with zero attached hydrogens (tertiary/aromatic N) is 5. The highest BCUT2D eigenvalue weighted by Gasteiger charge is 2.24. The smallest absolute Gasteiger partial charge is 0.298 e. The van der Waals surface area contributed by atoms with Gasteiger partial charge in [0.2, 0.25) is 0 Å². The molecular formula is C22H17F2N5O3. The van der Waals surface area contributed by atoms with Gasteiger partial charge in [0.1, 0.15) is 23.0 Å². The quantitative estimate of drug-likeness (QED) is 0.488. The van der Waals surface area contributed by atoms with Crippen molar-refractivity contribution < 1.29 is 13.6 Å². The highest BCUT2D eigenvalue weighted by atomic mass is 19.1. The number of rotatable bonds is 4. The number of carbonyl (C=O) groups excluding carboxylic acids is 1. The first kappa shape index (κ1) is 21.0. The van der Waals surface area contributed by atoms with Crippen molar-refractivity contribution in [2.24, 2.45) is 14.1 Å². The maximum absolute atomic E-state index is 14.6. The van der Waals surface area contributed by atoms with Crippen LogP contribution >= 0.6 is 0 Å². The van der Waals surface area contributed by atoms with E-state index in [4.69, 9.17) is 0 Å². The zero-order chi connectivity index (χ0) is 23.0. The molecule has 1 amide bonds. The van der Waals surface area contributed by atoms with Gasteiger partial charge in [-0.05, 0) is 36.4 Å². The molecule has 0 bridgehead atoms. The Balaban J connectivity index is 1.86. The van der Waals surface area contributed by atoms with Crippen molar-refractivity contribution in [3.63, 3.8) is 0 Å². The van der Waals surface area contributed by atoms with Crippen molar-refractivity contribution in [2.45, 2.75) is 6.54 Å². The lowest BCUT2D eigenvalue weighted by atomic mass is 10.2. The number of carbonyl (C=O) groups is 1. The average molecular weight is 437 g/mol. The molecule has 3 aromatic heterocycles. The number of aromatic nitrogens is 4. The third kappa shape index (κ3) is 3.66. The molecule has 0 saturated heterocycles. The lowest BCUT2D eigenvalue weighted by molar-refractivity contribution is 0.0979. The van der Waals surface area contributed by atoms with Gasteiger partial charge in [0.25, 0.3) is 11.5 Å². The van der Waals surface area contributed by atoms with Crippen molar-refractivity contribution in [1.82, 2.24) is 19.1 Å². The third-order valence-corrected chi connectivity index (χ3v) is 5.01. The normalized spacial score (nSPS) is 11.0. The van der Waals surface area contributed by atoms with Crippen molar-refractivity contribution in [1.29, 1.82) is 0 Å². The number of amides is 1. The topological polar surface area (TPSA) is 90.1 Å². The fraction of sp³-hybridized carbons (Fsp3) is 0.136. The molecule has 10 heteroatoms. The highest BCUT2D eigenvalue weighted by molar-refractivity contribution is 6.05. The van der Waals surface area contributed by atoms with Gasteiger partial charge in [0.05, 0.1) is 23.3 Å². The molecule has 0 N–H and O–H groups in total. The van der Waals surface area contributed by atoms with Crippen molar-refractivity contribution in [3.8, 4) is 0 Å². The van der Waals surface area contributed by atoms with Gasteiger partial charge < -0.3 is 0 Å². The Morgan fingerprint density at radius 3 is 2.50 bits per heavy atom. The van der Waals surface area contributed by atoms with Gasteiger partial charge in [-0.1, -0.05) is 6.07 Å². The number of fused-ring (bicyclic) bond motifs is 1. The number of hydrogen-bond donors (Lipinski definition) is 0. The van der Waals surface area contributed by atoms with Crippen LogP contribution in [-0.2, 0) is 20.6 Å². The van der Waals surface area contributed by atoms with E-state index < -0.39 is 28.8 Å². The van der Waals surface area contributed by atoms with Gasteiger partial charge in [0.15, 0.2) is 0 Å². The Morgan fingerprint density at radius 2 is 1.81 bits per heavy atom. The van der Waals surface area contributed by atoms with Gasteiger partial charge >= 0.3 is 5.69 Å². The van der Waals surface area contributed by atoms with Crippen molar-refractivity contribution >= 4 is 22.6 Å². The van der Waals surface area contributed by atoms with Gasteiger partial charge in [-0.15, -0.1) is 0 Å². The Kier molecular flexibility index (Phi) is 5.35. The fourth-order valence-electron chi connectivity index (χ4n) is 3.33. The first-order valence-corrected chi connectivity index (χ1v) is 9.51. The summed E-state index contributed by atoms with van der Waals surface area (Å²) in [4.78, 5) is 47.5. The molecule has 4 aromatic rings. The van der Waals surface area contributed by atoms with Crippen LogP contribution in [0.1, 0.15) is 16.2 Å². The summed E-state index contributed by atoms with van der Waals surface area (Å²) in [7, 11) is 2.77. The van der Waals surface area contributed by atoms with Crippen LogP contribution in [0, 0.1) is 11.6 Å². The largest absolute Gasteiger partial charge is 0.332 e. The van der Waals surface area contributed by atoms with Gasteiger partial charge in [-0.2, -0.15) is 0 Å². The molecule has 0 atom stereocenters. The number of halogens is 2. The summed E-state index contributed by atoms with van der Waals surface area (Å²) in [5.74, 6) is -2.43. The van der Waals surface area contributed by atoms with E-state index in [9.17, 15) is 23.2 Å². The minimum atomic E-state index is -0.934. The lowest BCUT2D eigenvalue weighted by Gasteiger charge is -2.23. The molecule has 0 saturated carbocycles. The molecule has 0 spiro atoms. The molecule has 0 aliphatic rings. The summed E-state index contributed by atoms with van der Waals surface area (Å²) in [6.45, 7) is -0.114. The van der Waals surface area contributed by atoms with Crippen molar-refractivity contribution in [3.05, 3.63) is 98.6 Å². The molecule has 162 valence electrons. The van der Waals surface area contributed by atoms with Crippen LogP contribution in [0.5, 0.6) is 0 Å². The van der Waals surface area contributed by atoms with E-state index in [1.54, 1.807) is 18.2 Å². The Labute approximate surface area is 180 Å². The Bertz CT molecular complexity index is 1460. The van der Waals surface area contributed by atoms with Gasteiger partial charge in [0, 0.05) is 26.4 Å². The van der Waals surface area contributed by atoms with Crippen molar-refractivity contribution in [2.75, 3.05) is 4.90 Å². The molecule has 0 radical (unpaired) electrons. The summed E-state index contributed by atoms with van der Waals surface area (Å²) in [5.41, 5.74) is -0.964. The van der Waals surface area contributed by atoms with Crippen LogP contribution in [0.3, 0.4) is 0 Å². The molecule has 0 unspecified atom stereocenters. The number of hydrogen-bond acceptors (Lipinski definition) is 5. The predicted octanol–water partition coefficient (Wildman–Crippen LogP) is 2.15. The van der Waals surface area contributed by atoms with E-state index >= 15 is 0 Å². The summed E-state index contributed by atoms with van der Waals surface area (Å²) in [6.07, 6.45) is 1.53. The Hall–Kier alpha value is -4.21. The lowest BCUT2D eigenvalue weighted by Crippen LogP contribution is -2.38. The second kappa shape index (κ2) is 8.14. The summed E-state index contributed by atoms with van der Waals surface area (Å²) in [6, 6.07) is 10.6. The second-order valence-corrected chi connectivity index (χ2v) is 7.08. The highest BCUT2D eigenvalue weighted by Crippen LogP contribution is 2.24. The Morgan fingerprint density at radius 1 is 1.03 bits per heavy atom. The van der Waals surface area contributed by atoms with E-state index in [-0.39, 0.29) is 29.0 Å². The van der Waals surface area contributed by atoms with Crippen LogP contribution in [0.4, 0.5) is 14.5 Å². The first-order chi connectivity index (χ1) is 15.3. The van der Waals surface area contributed by atoms with Crippen LogP contribution < -0.4 is 16.1 Å². The zero-order valence-electron chi connectivity index (χ0n) is 17.1. The molecule has 4 rings (SSSR count). The van der Waals surface area contributed by atoms with Crippen LogP contribution in [0.15, 0.2) is 64.3 Å². The van der Waals surface area contributed by atoms with E-state index in [0.29, 0.717) is 11.8 Å². The maximum Gasteiger partial charge on any atom is 0.332 e. The standard InChI is InChI=1S/C22H17F2N5O3/c1-27-19-15(20(30)28(2)22(27)32)7-8-17(26-19)21(31)29(12-14-5-3-4-10-25-14)18-9-6-13(23)11-16(18)24/h3-11H,12H2,1-2H3. The molecule has 1 aromatic carbocycles. The van der Waals surface area contributed by atoms with Gasteiger partial charge in [-0.25, -0.2) is 18.6 Å². The third-order valence-electron chi connectivity index (χ3n) is 5.01. The minimum absolute atomic E-state index is 0.0151. The van der Waals surface area contributed by atoms with Gasteiger partial charge in [-0.3, -0.25) is 28.6 Å². The van der Waals surface area contributed by atoms with E-state index in [0.717, 1.165) is 26.2 Å². The SMILES string of the molecule is Cn1c(=O)c2ccc(C(=O)N(Cc3ccccn3)c3ccc(F)cc3F)nc2n(C)c1=O. The predicted molar refractivity (Wildman–Crippen MR) is 113 cm³/mol. The van der Waals surface area contributed by atoms with E-state index in [1.807, 2.05) is 0 Å². The summed E-state index contributed by atoms with van der Waals surface area (Å²) < 4.78 is 30.1. The monoisotopic (exact) mass is 437 g/mol. The molecule has 8 nitrogen and oxygen atoms in total. The zero-order valence-corrected chi connectivity index (χ0v) is 17.1. The van der Waals surface area contributed by atoms with E-state index in [2.05, 4.69) is 9.97 Å². The first-order valence-electron chi connectivity index (χ1n) is 9.51. The number of benzene rings is 1. The molecule has 3 heterocycles. The van der Waals surface area contributed by atoms with E-state index in [1.165, 1.54) is 32.4 Å². The number of aryl methyl sites for hydroxylation is 1. The second-order valence-electron chi connectivity index (χ2n) is 7.08. The number of pyridine rings is 2. The summed E-state index contributed by atoms with van der Waals surface area (Å²) >= 11 is 0. The maximum atomic E-state index is 14.6. The molecule has 32 heavy (non-hydrogen) atoms. The molecular weight excluding hydrogens is 420 g/mol.